The molecule has 1 heterocycles. The van der Waals surface area contributed by atoms with Gasteiger partial charge in [0.05, 0.1) is 24.9 Å². The van der Waals surface area contributed by atoms with Gasteiger partial charge in [0.25, 0.3) is 0 Å². The van der Waals surface area contributed by atoms with Crippen LogP contribution in [0.5, 0.6) is 5.75 Å². The Morgan fingerprint density at radius 2 is 1.86 bits per heavy atom. The molecule has 0 fully saturated rings. The van der Waals surface area contributed by atoms with E-state index in [1.807, 2.05) is 0 Å². The van der Waals surface area contributed by atoms with Gasteiger partial charge in [0, 0.05) is 21.1 Å². The number of rotatable bonds is 6. The second-order valence-corrected chi connectivity index (χ2v) is 7.53. The molecule has 0 aliphatic carbocycles. The Labute approximate surface area is 181 Å². The molecule has 3 aromatic rings. The summed E-state index contributed by atoms with van der Waals surface area (Å²) in [6.45, 7) is 0. The predicted octanol–water partition coefficient (Wildman–Crippen LogP) is 5.28. The normalized spacial score (nSPS) is 10.3. The van der Waals surface area contributed by atoms with E-state index in [2.05, 4.69) is 20.9 Å². The van der Waals surface area contributed by atoms with Crippen LogP contribution in [0.25, 0.3) is 0 Å². The Morgan fingerprint density at radius 1 is 1.07 bits per heavy atom. The first-order valence-corrected chi connectivity index (χ1v) is 9.98. The monoisotopic (exact) mass is 450 g/mol. The fraction of sp³-hybridized carbons (Fsp3) is 0.105. The zero-order valence-corrected chi connectivity index (χ0v) is 17.5. The van der Waals surface area contributed by atoms with Crippen molar-refractivity contribution in [2.24, 2.45) is 0 Å². The van der Waals surface area contributed by atoms with Crippen molar-refractivity contribution in [3.8, 4) is 5.75 Å². The molecule has 0 saturated carbocycles. The average molecular weight is 451 g/mol. The first-order chi connectivity index (χ1) is 13.9. The number of carbonyl (C=O) groups excluding carboxylic acids is 2. The molecule has 0 radical (unpaired) electrons. The van der Waals surface area contributed by atoms with Gasteiger partial charge in [-0.25, -0.2) is 9.78 Å². The maximum absolute atomic E-state index is 12.3. The SMILES string of the molecule is COc1ccc(Cl)cc1NC(=O)Cc1csc(NC(=O)Nc2cccc(Cl)c2)n1. The summed E-state index contributed by atoms with van der Waals surface area (Å²) in [6.07, 6.45) is 0.0315. The highest BCUT2D eigenvalue weighted by Gasteiger charge is 2.12. The number of hydrogen-bond acceptors (Lipinski definition) is 5. The number of urea groups is 1. The van der Waals surface area contributed by atoms with E-state index in [0.717, 1.165) is 0 Å². The fourth-order valence-electron chi connectivity index (χ4n) is 2.41. The number of aromatic nitrogens is 1. The minimum absolute atomic E-state index is 0.0315. The smallest absolute Gasteiger partial charge is 0.325 e. The van der Waals surface area contributed by atoms with Gasteiger partial charge in [0.2, 0.25) is 5.91 Å². The van der Waals surface area contributed by atoms with Crippen molar-refractivity contribution in [2.75, 3.05) is 23.1 Å². The van der Waals surface area contributed by atoms with Gasteiger partial charge in [-0.2, -0.15) is 0 Å². The standard InChI is InChI=1S/C19H16Cl2N4O3S/c1-28-16-6-5-12(21)8-15(16)24-17(26)9-14-10-29-19(23-14)25-18(27)22-13-4-2-3-11(20)7-13/h2-8,10H,9H2,1H3,(H,24,26)(H2,22,23,25,27). The van der Waals surface area contributed by atoms with Gasteiger partial charge in [-0.15, -0.1) is 11.3 Å². The molecule has 3 N–H and O–H groups in total. The fourth-order valence-corrected chi connectivity index (χ4v) is 3.48. The van der Waals surface area contributed by atoms with E-state index >= 15 is 0 Å². The Kier molecular flexibility index (Phi) is 6.92. The number of anilines is 3. The second-order valence-electron chi connectivity index (χ2n) is 5.80. The molecule has 1 aromatic heterocycles. The van der Waals surface area contributed by atoms with Gasteiger partial charge in [-0.3, -0.25) is 10.1 Å². The highest BCUT2D eigenvalue weighted by Crippen LogP contribution is 2.28. The van der Waals surface area contributed by atoms with Crippen molar-refractivity contribution in [2.45, 2.75) is 6.42 Å². The van der Waals surface area contributed by atoms with Crippen LogP contribution in [-0.4, -0.2) is 24.0 Å². The van der Waals surface area contributed by atoms with E-state index < -0.39 is 6.03 Å². The number of amides is 3. The van der Waals surface area contributed by atoms with E-state index in [9.17, 15) is 9.59 Å². The van der Waals surface area contributed by atoms with Gasteiger partial charge in [-0.1, -0.05) is 29.3 Å². The molecule has 7 nitrogen and oxygen atoms in total. The highest BCUT2D eigenvalue weighted by molar-refractivity contribution is 7.14. The molecule has 2 aromatic carbocycles. The molecule has 0 bridgehead atoms. The average Bonchev–Trinajstić information content (AvgIpc) is 3.08. The van der Waals surface area contributed by atoms with E-state index in [1.54, 1.807) is 47.8 Å². The van der Waals surface area contributed by atoms with Crippen LogP contribution in [-0.2, 0) is 11.2 Å². The number of benzene rings is 2. The first-order valence-electron chi connectivity index (χ1n) is 8.34. The van der Waals surface area contributed by atoms with Crippen LogP contribution < -0.4 is 20.7 Å². The second kappa shape index (κ2) is 9.60. The zero-order valence-electron chi connectivity index (χ0n) is 15.2. The number of hydrogen-bond donors (Lipinski definition) is 3. The van der Waals surface area contributed by atoms with Gasteiger partial charge in [0.1, 0.15) is 5.75 Å². The summed E-state index contributed by atoms with van der Waals surface area (Å²) in [6, 6.07) is 11.3. The maximum Gasteiger partial charge on any atom is 0.325 e. The van der Waals surface area contributed by atoms with Crippen molar-refractivity contribution >= 4 is 63.0 Å². The molecule has 0 aliphatic rings. The molecule has 3 rings (SSSR count). The summed E-state index contributed by atoms with van der Waals surface area (Å²) >= 11 is 13.1. The molecule has 10 heteroatoms. The third kappa shape index (κ3) is 6.08. The lowest BCUT2D eigenvalue weighted by Crippen LogP contribution is -2.19. The molecular weight excluding hydrogens is 435 g/mol. The van der Waals surface area contributed by atoms with Crippen LogP contribution in [0.15, 0.2) is 47.8 Å². The molecule has 150 valence electrons. The lowest BCUT2D eigenvalue weighted by molar-refractivity contribution is -0.115. The summed E-state index contributed by atoms with van der Waals surface area (Å²) < 4.78 is 5.21. The Morgan fingerprint density at radius 3 is 2.62 bits per heavy atom. The van der Waals surface area contributed by atoms with E-state index in [-0.39, 0.29) is 12.3 Å². The van der Waals surface area contributed by atoms with Crippen LogP contribution in [0, 0.1) is 0 Å². The lowest BCUT2D eigenvalue weighted by Gasteiger charge is -2.10. The summed E-state index contributed by atoms with van der Waals surface area (Å²) in [5.41, 5.74) is 1.55. The van der Waals surface area contributed by atoms with Crippen LogP contribution in [0.2, 0.25) is 10.0 Å². The highest BCUT2D eigenvalue weighted by atomic mass is 35.5. The van der Waals surface area contributed by atoms with Crippen LogP contribution in [0.3, 0.4) is 0 Å². The molecule has 3 amide bonds. The van der Waals surface area contributed by atoms with Crippen molar-refractivity contribution in [1.29, 1.82) is 0 Å². The molecule has 0 unspecified atom stereocenters. The Bertz CT molecular complexity index is 1040. The van der Waals surface area contributed by atoms with Gasteiger partial charge < -0.3 is 15.4 Å². The Hall–Kier alpha value is -2.81. The van der Waals surface area contributed by atoms with Crippen LogP contribution in [0.1, 0.15) is 5.69 Å². The largest absolute Gasteiger partial charge is 0.495 e. The third-order valence-corrected chi connectivity index (χ3v) is 4.91. The Balaban J connectivity index is 1.56. The lowest BCUT2D eigenvalue weighted by atomic mass is 10.2. The molecule has 29 heavy (non-hydrogen) atoms. The number of ether oxygens (including phenoxy) is 1. The van der Waals surface area contributed by atoms with Gasteiger partial charge in [0.15, 0.2) is 5.13 Å². The van der Waals surface area contributed by atoms with E-state index in [4.69, 9.17) is 27.9 Å². The summed E-state index contributed by atoms with van der Waals surface area (Å²) in [7, 11) is 1.51. The van der Waals surface area contributed by atoms with Gasteiger partial charge in [-0.05, 0) is 36.4 Å². The number of nitrogens with zero attached hydrogens (tertiary/aromatic N) is 1. The van der Waals surface area contributed by atoms with Crippen molar-refractivity contribution in [3.63, 3.8) is 0 Å². The number of nitrogens with one attached hydrogen (secondary N) is 3. The molecule has 0 saturated heterocycles. The topological polar surface area (TPSA) is 92.4 Å². The third-order valence-electron chi connectivity index (χ3n) is 3.63. The van der Waals surface area contributed by atoms with Crippen LogP contribution >= 0.6 is 34.5 Å². The number of methoxy groups -OCH3 is 1. The molecule has 0 spiro atoms. The van der Waals surface area contributed by atoms with Gasteiger partial charge >= 0.3 is 6.03 Å². The molecular formula is C19H16Cl2N4O3S. The van der Waals surface area contributed by atoms with Crippen molar-refractivity contribution in [1.82, 2.24) is 4.98 Å². The van der Waals surface area contributed by atoms with Crippen molar-refractivity contribution in [3.05, 3.63) is 63.6 Å². The number of halogens is 2. The summed E-state index contributed by atoms with van der Waals surface area (Å²) in [4.78, 5) is 28.6. The first kappa shape index (κ1) is 20.9. The van der Waals surface area contributed by atoms with Crippen LogP contribution in [0.4, 0.5) is 21.3 Å². The summed E-state index contributed by atoms with van der Waals surface area (Å²) in [5, 5.41) is 11.1. The molecule has 0 aliphatic heterocycles. The minimum Gasteiger partial charge on any atom is -0.495 e. The van der Waals surface area contributed by atoms with Crippen molar-refractivity contribution < 1.29 is 14.3 Å². The van der Waals surface area contributed by atoms with E-state index in [1.165, 1.54) is 18.4 Å². The predicted molar refractivity (Wildman–Crippen MR) is 117 cm³/mol. The molecule has 0 atom stereocenters. The van der Waals surface area contributed by atoms with E-state index in [0.29, 0.717) is 38.0 Å². The zero-order chi connectivity index (χ0) is 20.8. The maximum atomic E-state index is 12.3. The quantitative estimate of drug-likeness (QED) is 0.475. The number of carbonyl (C=O) groups is 2. The summed E-state index contributed by atoms with van der Waals surface area (Å²) in [5.74, 6) is 0.215. The minimum atomic E-state index is -0.457. The number of thiazole rings is 1.